The second-order valence-electron chi connectivity index (χ2n) is 4.21. The van der Waals surface area contributed by atoms with Crippen LogP contribution in [-0.4, -0.2) is 18.9 Å². The van der Waals surface area contributed by atoms with Gasteiger partial charge in [-0.1, -0.05) is 6.08 Å². The van der Waals surface area contributed by atoms with Gasteiger partial charge in [0.05, 0.1) is 0 Å². The van der Waals surface area contributed by atoms with E-state index in [0.29, 0.717) is 0 Å². The quantitative estimate of drug-likeness (QED) is 0.568. The van der Waals surface area contributed by atoms with E-state index in [-0.39, 0.29) is 5.78 Å². The number of carbonyl (C=O) groups is 1. The highest BCUT2D eigenvalue weighted by Crippen LogP contribution is 2.28. The van der Waals surface area contributed by atoms with Gasteiger partial charge in [-0.3, -0.25) is 4.79 Å². The molecule has 2 heteroatoms. The van der Waals surface area contributed by atoms with Crippen molar-refractivity contribution >= 4 is 11.5 Å². The number of Topliss-reactive ketones (excluding diaryl/α,β-unsaturated/α-hetero) is 1. The molecule has 2 nitrogen and oxygen atoms in total. The molecule has 1 aromatic carbocycles. The number of fused-ring (bicyclic) bond motifs is 1. The molecule has 0 fully saturated rings. The van der Waals surface area contributed by atoms with Crippen molar-refractivity contribution in [2.45, 2.75) is 19.8 Å². The third-order valence-corrected chi connectivity index (χ3v) is 3.08. The van der Waals surface area contributed by atoms with E-state index in [9.17, 15) is 4.79 Å². The summed E-state index contributed by atoms with van der Waals surface area (Å²) < 4.78 is 0. The first kappa shape index (κ1) is 10.9. The molecule has 0 saturated heterocycles. The number of ketones is 1. The molecule has 0 spiro atoms. The lowest BCUT2D eigenvalue weighted by Gasteiger charge is -2.18. The third kappa shape index (κ3) is 2.01. The molecule has 0 saturated carbocycles. The normalized spacial score (nSPS) is 13.7. The maximum Gasteiger partial charge on any atom is 0.159 e. The van der Waals surface area contributed by atoms with Crippen molar-refractivity contribution in [2.75, 3.05) is 18.0 Å². The summed E-state index contributed by atoms with van der Waals surface area (Å²) >= 11 is 0. The molecule has 0 atom stereocenters. The maximum absolute atomic E-state index is 11.3. The van der Waals surface area contributed by atoms with Crippen LogP contribution >= 0.6 is 0 Å². The molecule has 1 heterocycles. The SMILES string of the molecule is C=CCCN1CCc2cc(C(C)=O)ccc21. The Hall–Kier alpha value is -1.57. The first-order valence-corrected chi connectivity index (χ1v) is 5.72. The molecule has 0 aromatic heterocycles. The predicted molar refractivity (Wildman–Crippen MR) is 67.2 cm³/mol. The Morgan fingerprint density at radius 2 is 2.38 bits per heavy atom. The number of hydrogen-bond donors (Lipinski definition) is 0. The minimum atomic E-state index is 0.146. The Labute approximate surface area is 96.6 Å². The molecular formula is C14H17NO. The fourth-order valence-electron chi connectivity index (χ4n) is 2.17. The number of nitrogens with zero attached hydrogens (tertiary/aromatic N) is 1. The summed E-state index contributed by atoms with van der Waals surface area (Å²) in [6.45, 7) is 7.44. The summed E-state index contributed by atoms with van der Waals surface area (Å²) in [7, 11) is 0. The summed E-state index contributed by atoms with van der Waals surface area (Å²) in [6.07, 6.45) is 4.00. The summed E-state index contributed by atoms with van der Waals surface area (Å²) in [4.78, 5) is 13.6. The highest BCUT2D eigenvalue weighted by atomic mass is 16.1. The lowest BCUT2D eigenvalue weighted by Crippen LogP contribution is -2.21. The van der Waals surface area contributed by atoms with E-state index in [4.69, 9.17) is 0 Å². The van der Waals surface area contributed by atoms with E-state index < -0.39 is 0 Å². The summed E-state index contributed by atoms with van der Waals surface area (Å²) in [5.41, 5.74) is 3.41. The molecule has 0 amide bonds. The van der Waals surface area contributed by atoms with Crippen LogP contribution < -0.4 is 4.90 Å². The topological polar surface area (TPSA) is 20.3 Å². The van der Waals surface area contributed by atoms with Gasteiger partial charge in [0, 0.05) is 24.3 Å². The van der Waals surface area contributed by atoms with Crippen LogP contribution in [0.25, 0.3) is 0 Å². The van der Waals surface area contributed by atoms with E-state index in [1.165, 1.54) is 11.3 Å². The number of benzene rings is 1. The van der Waals surface area contributed by atoms with Gasteiger partial charge in [0.25, 0.3) is 0 Å². The molecule has 1 aliphatic heterocycles. The Morgan fingerprint density at radius 3 is 3.06 bits per heavy atom. The lowest BCUT2D eigenvalue weighted by atomic mass is 10.1. The van der Waals surface area contributed by atoms with Gasteiger partial charge in [-0.25, -0.2) is 0 Å². The van der Waals surface area contributed by atoms with Crippen molar-refractivity contribution in [1.82, 2.24) is 0 Å². The lowest BCUT2D eigenvalue weighted by molar-refractivity contribution is 0.101. The summed E-state index contributed by atoms with van der Waals surface area (Å²) in [6, 6.07) is 6.03. The molecule has 0 unspecified atom stereocenters. The van der Waals surface area contributed by atoms with Crippen LogP contribution in [0, 0.1) is 0 Å². The largest absolute Gasteiger partial charge is 0.371 e. The van der Waals surface area contributed by atoms with Crippen LogP contribution in [0.3, 0.4) is 0 Å². The van der Waals surface area contributed by atoms with Crippen LogP contribution in [0.1, 0.15) is 29.3 Å². The van der Waals surface area contributed by atoms with E-state index in [1.807, 2.05) is 18.2 Å². The minimum absolute atomic E-state index is 0.146. The second-order valence-corrected chi connectivity index (χ2v) is 4.21. The fraction of sp³-hybridized carbons (Fsp3) is 0.357. The van der Waals surface area contributed by atoms with Crippen molar-refractivity contribution in [3.05, 3.63) is 42.0 Å². The molecule has 2 rings (SSSR count). The zero-order chi connectivity index (χ0) is 11.5. The number of rotatable bonds is 4. The van der Waals surface area contributed by atoms with E-state index >= 15 is 0 Å². The highest BCUT2D eigenvalue weighted by Gasteiger charge is 2.18. The minimum Gasteiger partial charge on any atom is -0.371 e. The Bertz CT molecular complexity index is 423. The molecule has 84 valence electrons. The number of anilines is 1. The molecular weight excluding hydrogens is 198 g/mol. The van der Waals surface area contributed by atoms with Crippen LogP contribution in [0.4, 0.5) is 5.69 Å². The average molecular weight is 215 g/mol. The van der Waals surface area contributed by atoms with Crippen LogP contribution in [0.2, 0.25) is 0 Å². The van der Waals surface area contributed by atoms with E-state index in [1.54, 1.807) is 6.92 Å². The zero-order valence-electron chi connectivity index (χ0n) is 9.70. The van der Waals surface area contributed by atoms with E-state index in [0.717, 1.165) is 31.5 Å². The molecule has 0 N–H and O–H groups in total. The fourth-order valence-corrected chi connectivity index (χ4v) is 2.17. The Kier molecular flexibility index (Phi) is 3.09. The van der Waals surface area contributed by atoms with Gasteiger partial charge in [-0.2, -0.15) is 0 Å². The predicted octanol–water partition coefficient (Wildman–Crippen LogP) is 2.83. The van der Waals surface area contributed by atoms with Crippen LogP contribution in [0.5, 0.6) is 0 Å². The number of hydrogen-bond acceptors (Lipinski definition) is 2. The summed E-state index contributed by atoms with van der Waals surface area (Å²) in [5, 5.41) is 0. The van der Waals surface area contributed by atoms with Gasteiger partial charge in [-0.05, 0) is 43.5 Å². The van der Waals surface area contributed by atoms with E-state index in [2.05, 4.69) is 17.5 Å². The van der Waals surface area contributed by atoms with Gasteiger partial charge in [0.2, 0.25) is 0 Å². The molecule has 0 radical (unpaired) electrons. The Balaban J connectivity index is 2.21. The van der Waals surface area contributed by atoms with Crippen molar-refractivity contribution < 1.29 is 4.79 Å². The highest BCUT2D eigenvalue weighted by molar-refractivity contribution is 5.94. The van der Waals surface area contributed by atoms with Crippen molar-refractivity contribution in [2.24, 2.45) is 0 Å². The first-order valence-electron chi connectivity index (χ1n) is 5.72. The van der Waals surface area contributed by atoms with Gasteiger partial charge in [0.15, 0.2) is 5.78 Å². The van der Waals surface area contributed by atoms with Crippen molar-refractivity contribution in [3.63, 3.8) is 0 Å². The smallest absolute Gasteiger partial charge is 0.159 e. The van der Waals surface area contributed by atoms with Crippen LogP contribution in [-0.2, 0) is 6.42 Å². The monoisotopic (exact) mass is 215 g/mol. The van der Waals surface area contributed by atoms with Crippen molar-refractivity contribution in [1.29, 1.82) is 0 Å². The second kappa shape index (κ2) is 4.52. The van der Waals surface area contributed by atoms with Gasteiger partial charge in [0.1, 0.15) is 0 Å². The zero-order valence-corrected chi connectivity index (χ0v) is 9.70. The van der Waals surface area contributed by atoms with Crippen molar-refractivity contribution in [3.8, 4) is 0 Å². The average Bonchev–Trinajstić information content (AvgIpc) is 2.68. The molecule has 0 bridgehead atoms. The van der Waals surface area contributed by atoms with Gasteiger partial charge in [-0.15, -0.1) is 6.58 Å². The standard InChI is InChI=1S/C14H17NO/c1-3-4-8-15-9-7-13-10-12(11(2)16)5-6-14(13)15/h3,5-6,10H,1,4,7-9H2,2H3. The number of carbonyl (C=O) groups excluding carboxylic acids is 1. The van der Waals surface area contributed by atoms with Crippen LogP contribution in [0.15, 0.2) is 30.9 Å². The molecule has 1 aliphatic rings. The van der Waals surface area contributed by atoms with Gasteiger partial charge >= 0.3 is 0 Å². The molecule has 1 aromatic rings. The maximum atomic E-state index is 11.3. The Morgan fingerprint density at radius 1 is 1.56 bits per heavy atom. The van der Waals surface area contributed by atoms with Gasteiger partial charge < -0.3 is 4.90 Å². The summed E-state index contributed by atoms with van der Waals surface area (Å²) in [5.74, 6) is 0.146. The third-order valence-electron chi connectivity index (χ3n) is 3.08. The molecule has 0 aliphatic carbocycles. The molecule has 16 heavy (non-hydrogen) atoms. The first-order chi connectivity index (χ1) is 7.72.